The molecule has 0 saturated heterocycles. The van der Waals surface area contributed by atoms with Crippen molar-refractivity contribution >= 4 is 12.1 Å². The number of amides is 1. The number of aliphatic carboxylic acids is 1. The molecule has 0 rings (SSSR count). The Morgan fingerprint density at radius 3 is 2.40 bits per heavy atom. The average molecular weight is 215 g/mol. The zero-order chi connectivity index (χ0) is 12.1. The first kappa shape index (κ1) is 13.5. The molecule has 1 atom stereocenters. The third-order valence-corrected chi connectivity index (χ3v) is 1.39. The van der Waals surface area contributed by atoms with Gasteiger partial charge in [-0.25, -0.2) is 9.59 Å². The monoisotopic (exact) mass is 215 g/mol. The van der Waals surface area contributed by atoms with Crippen molar-refractivity contribution in [3.63, 3.8) is 0 Å². The maximum atomic E-state index is 11.2. The molecule has 5 nitrogen and oxygen atoms in total. The Balaban J connectivity index is 4.23. The van der Waals surface area contributed by atoms with Gasteiger partial charge in [0.25, 0.3) is 0 Å². The number of hydrogen-bond donors (Lipinski definition) is 2. The first-order chi connectivity index (χ1) is 6.76. The number of ether oxygens (including phenoxy) is 1. The summed E-state index contributed by atoms with van der Waals surface area (Å²) in [6, 6.07) is -0.989. The summed E-state index contributed by atoms with van der Waals surface area (Å²) in [5, 5.41) is 11.0. The summed E-state index contributed by atoms with van der Waals surface area (Å²) in [4.78, 5) is 21.9. The SMILES string of the molecule is C=CCC(NC(=O)OC(C)(C)C)C(=O)O. The number of rotatable bonds is 4. The molecule has 2 N–H and O–H groups in total. The van der Waals surface area contributed by atoms with E-state index in [9.17, 15) is 9.59 Å². The molecule has 1 unspecified atom stereocenters. The molecule has 0 fully saturated rings. The number of alkyl carbamates (subject to hydrolysis) is 1. The van der Waals surface area contributed by atoms with E-state index in [1.165, 1.54) is 6.08 Å². The highest BCUT2D eigenvalue weighted by Gasteiger charge is 2.22. The van der Waals surface area contributed by atoms with E-state index in [-0.39, 0.29) is 6.42 Å². The minimum Gasteiger partial charge on any atom is -0.480 e. The second kappa shape index (κ2) is 5.38. The minimum absolute atomic E-state index is 0.161. The number of nitrogens with one attached hydrogen (secondary N) is 1. The van der Waals surface area contributed by atoms with Gasteiger partial charge in [-0.3, -0.25) is 0 Å². The number of carboxylic acids is 1. The van der Waals surface area contributed by atoms with Crippen molar-refractivity contribution in [1.29, 1.82) is 0 Å². The van der Waals surface area contributed by atoms with Gasteiger partial charge in [0.15, 0.2) is 0 Å². The molecule has 0 aromatic heterocycles. The number of hydrogen-bond acceptors (Lipinski definition) is 3. The summed E-state index contributed by atoms with van der Waals surface area (Å²) in [7, 11) is 0. The summed E-state index contributed by atoms with van der Waals surface area (Å²) >= 11 is 0. The van der Waals surface area contributed by atoms with Gasteiger partial charge in [-0.15, -0.1) is 6.58 Å². The molecule has 5 heteroatoms. The van der Waals surface area contributed by atoms with Crippen LogP contribution in [0.1, 0.15) is 27.2 Å². The Kier molecular flexibility index (Phi) is 4.84. The highest BCUT2D eigenvalue weighted by Crippen LogP contribution is 2.07. The fraction of sp³-hybridized carbons (Fsp3) is 0.600. The molecule has 0 radical (unpaired) electrons. The molecule has 0 bridgehead atoms. The van der Waals surface area contributed by atoms with E-state index in [1.807, 2.05) is 0 Å². The van der Waals surface area contributed by atoms with Crippen LogP contribution in [-0.4, -0.2) is 28.8 Å². The van der Waals surface area contributed by atoms with Crippen molar-refractivity contribution in [2.45, 2.75) is 38.8 Å². The highest BCUT2D eigenvalue weighted by atomic mass is 16.6. The maximum absolute atomic E-state index is 11.2. The van der Waals surface area contributed by atoms with Crippen LogP contribution in [0.5, 0.6) is 0 Å². The Bertz CT molecular complexity index is 255. The standard InChI is InChI=1S/C10H17NO4/c1-5-6-7(8(12)13)11-9(14)15-10(2,3)4/h5,7H,1,6H2,2-4H3,(H,11,14)(H,12,13). The quantitative estimate of drug-likeness (QED) is 0.697. The van der Waals surface area contributed by atoms with Crippen LogP contribution in [0.2, 0.25) is 0 Å². The van der Waals surface area contributed by atoms with E-state index >= 15 is 0 Å². The van der Waals surface area contributed by atoms with E-state index in [1.54, 1.807) is 20.8 Å². The van der Waals surface area contributed by atoms with Crippen molar-refractivity contribution in [3.8, 4) is 0 Å². The fourth-order valence-electron chi connectivity index (χ4n) is 0.838. The van der Waals surface area contributed by atoms with Crippen LogP contribution >= 0.6 is 0 Å². The van der Waals surface area contributed by atoms with E-state index in [0.29, 0.717) is 0 Å². The molecule has 0 aliphatic rings. The second-order valence-corrected chi connectivity index (χ2v) is 4.06. The van der Waals surface area contributed by atoms with Crippen molar-refractivity contribution < 1.29 is 19.4 Å². The Morgan fingerprint density at radius 2 is 2.07 bits per heavy atom. The van der Waals surface area contributed by atoms with E-state index in [0.717, 1.165) is 0 Å². The van der Waals surface area contributed by atoms with Crippen LogP contribution in [0.4, 0.5) is 4.79 Å². The highest BCUT2D eigenvalue weighted by molar-refractivity contribution is 5.80. The predicted octanol–water partition coefficient (Wildman–Crippen LogP) is 1.54. The molecule has 1 amide bonds. The lowest BCUT2D eigenvalue weighted by Crippen LogP contribution is -2.43. The van der Waals surface area contributed by atoms with Crippen LogP contribution in [0.15, 0.2) is 12.7 Å². The Morgan fingerprint density at radius 1 is 1.53 bits per heavy atom. The molecule has 86 valence electrons. The molecule has 0 spiro atoms. The topological polar surface area (TPSA) is 75.6 Å². The van der Waals surface area contributed by atoms with Crippen LogP contribution in [0, 0.1) is 0 Å². The predicted molar refractivity (Wildman–Crippen MR) is 55.6 cm³/mol. The third-order valence-electron chi connectivity index (χ3n) is 1.39. The first-order valence-corrected chi connectivity index (χ1v) is 4.59. The average Bonchev–Trinajstić information content (AvgIpc) is 1.99. The molecular weight excluding hydrogens is 198 g/mol. The van der Waals surface area contributed by atoms with Gasteiger partial charge in [0.1, 0.15) is 11.6 Å². The van der Waals surface area contributed by atoms with E-state index in [2.05, 4.69) is 11.9 Å². The summed E-state index contributed by atoms with van der Waals surface area (Å²) in [6.45, 7) is 8.52. The molecule has 0 aromatic carbocycles. The zero-order valence-electron chi connectivity index (χ0n) is 9.24. The molecule has 0 aliphatic carbocycles. The van der Waals surface area contributed by atoms with Gasteiger partial charge >= 0.3 is 12.1 Å². The van der Waals surface area contributed by atoms with Crippen LogP contribution in [0.3, 0.4) is 0 Å². The summed E-state index contributed by atoms with van der Waals surface area (Å²) < 4.78 is 4.92. The first-order valence-electron chi connectivity index (χ1n) is 4.59. The molecule has 15 heavy (non-hydrogen) atoms. The Hall–Kier alpha value is -1.52. The number of carboxylic acid groups (broad SMARTS) is 1. The zero-order valence-corrected chi connectivity index (χ0v) is 9.24. The lowest BCUT2D eigenvalue weighted by molar-refractivity contribution is -0.139. The van der Waals surface area contributed by atoms with Crippen LogP contribution in [-0.2, 0) is 9.53 Å². The van der Waals surface area contributed by atoms with Crippen molar-refractivity contribution in [2.75, 3.05) is 0 Å². The fourth-order valence-corrected chi connectivity index (χ4v) is 0.838. The van der Waals surface area contributed by atoms with Crippen molar-refractivity contribution in [2.24, 2.45) is 0 Å². The van der Waals surface area contributed by atoms with Gasteiger partial charge < -0.3 is 15.2 Å². The van der Waals surface area contributed by atoms with Gasteiger partial charge in [0.05, 0.1) is 0 Å². The van der Waals surface area contributed by atoms with Gasteiger partial charge in [-0.05, 0) is 27.2 Å². The third kappa shape index (κ3) is 6.54. The lowest BCUT2D eigenvalue weighted by atomic mass is 10.2. The normalized spacial score (nSPS) is 12.7. The van der Waals surface area contributed by atoms with Gasteiger partial charge in [-0.1, -0.05) is 6.08 Å². The summed E-state index contributed by atoms with van der Waals surface area (Å²) in [5.74, 6) is -1.11. The van der Waals surface area contributed by atoms with Gasteiger partial charge in [0, 0.05) is 0 Å². The van der Waals surface area contributed by atoms with Crippen molar-refractivity contribution in [1.82, 2.24) is 5.32 Å². The summed E-state index contributed by atoms with van der Waals surface area (Å²) in [5.41, 5.74) is -0.638. The van der Waals surface area contributed by atoms with E-state index < -0.39 is 23.7 Å². The van der Waals surface area contributed by atoms with Gasteiger partial charge in [0.2, 0.25) is 0 Å². The smallest absolute Gasteiger partial charge is 0.408 e. The molecular formula is C10H17NO4. The molecule has 0 aliphatic heterocycles. The molecule has 0 saturated carbocycles. The second-order valence-electron chi connectivity index (χ2n) is 4.06. The number of carbonyl (C=O) groups excluding carboxylic acids is 1. The van der Waals surface area contributed by atoms with Gasteiger partial charge in [-0.2, -0.15) is 0 Å². The largest absolute Gasteiger partial charge is 0.480 e. The van der Waals surface area contributed by atoms with Crippen molar-refractivity contribution in [3.05, 3.63) is 12.7 Å². The number of carbonyl (C=O) groups is 2. The van der Waals surface area contributed by atoms with E-state index in [4.69, 9.17) is 9.84 Å². The molecule has 0 aromatic rings. The minimum atomic E-state index is -1.11. The molecule has 0 heterocycles. The van der Waals surface area contributed by atoms with Crippen LogP contribution < -0.4 is 5.32 Å². The van der Waals surface area contributed by atoms with Crippen LogP contribution in [0.25, 0.3) is 0 Å². The maximum Gasteiger partial charge on any atom is 0.408 e. The lowest BCUT2D eigenvalue weighted by Gasteiger charge is -2.21. The summed E-state index contributed by atoms with van der Waals surface area (Å²) in [6.07, 6.45) is 0.849. The Labute approximate surface area is 89.1 Å².